The number of hydrogen-bond acceptors (Lipinski definition) is 6. The molecule has 9 heteroatoms. The number of fused-ring (bicyclic) bond motifs is 1. The highest BCUT2D eigenvalue weighted by Gasteiger charge is 2.52. The lowest BCUT2D eigenvalue weighted by Crippen LogP contribution is -2.55. The van der Waals surface area contributed by atoms with Gasteiger partial charge in [0.1, 0.15) is 5.41 Å². The third kappa shape index (κ3) is 1.95. The first-order chi connectivity index (χ1) is 10.6. The van der Waals surface area contributed by atoms with Crippen molar-refractivity contribution in [2.24, 2.45) is 17.1 Å². The topological polar surface area (TPSA) is 141 Å². The van der Waals surface area contributed by atoms with E-state index >= 15 is 0 Å². The van der Waals surface area contributed by atoms with Crippen LogP contribution >= 0.6 is 0 Å². The van der Waals surface area contributed by atoms with E-state index in [-0.39, 0.29) is 12.8 Å². The zero-order valence-electron chi connectivity index (χ0n) is 11.6. The summed E-state index contributed by atoms with van der Waals surface area (Å²) >= 11 is 0. The minimum absolute atomic E-state index is 0.0984. The Bertz CT molecular complexity index is 709. The average molecular weight is 301 g/mol. The number of rotatable bonds is 3. The Morgan fingerprint density at radius 1 is 1.09 bits per heavy atom. The number of hydrazine groups is 2. The number of benzene rings is 1. The molecule has 0 atom stereocenters. The Balaban J connectivity index is 2.03. The summed E-state index contributed by atoms with van der Waals surface area (Å²) in [4.78, 5) is 24.3. The predicted octanol–water partition coefficient (Wildman–Crippen LogP) is -1.67. The number of amides is 2. The van der Waals surface area contributed by atoms with E-state index < -0.39 is 17.2 Å². The summed E-state index contributed by atoms with van der Waals surface area (Å²) in [6.07, 6.45) is 0.220. The lowest BCUT2D eigenvalue weighted by atomic mass is 9.83. The van der Waals surface area contributed by atoms with Crippen LogP contribution in [0.4, 0.5) is 0 Å². The maximum Gasteiger partial charge on any atom is 0.250 e. The zero-order valence-corrected chi connectivity index (χ0v) is 11.6. The van der Waals surface area contributed by atoms with Crippen LogP contribution in [0.1, 0.15) is 11.4 Å². The van der Waals surface area contributed by atoms with Crippen LogP contribution in [-0.4, -0.2) is 26.8 Å². The quantitative estimate of drug-likeness (QED) is 0.231. The van der Waals surface area contributed by atoms with Gasteiger partial charge >= 0.3 is 0 Å². The first-order valence-corrected chi connectivity index (χ1v) is 6.63. The number of carbonyl (C=O) groups is 2. The van der Waals surface area contributed by atoms with Crippen LogP contribution in [0.25, 0.3) is 5.69 Å². The highest BCUT2D eigenvalue weighted by molar-refractivity contribution is 6.05. The third-order valence-electron chi connectivity index (χ3n) is 3.91. The number of hydrogen-bond donors (Lipinski definition) is 4. The van der Waals surface area contributed by atoms with Crippen molar-refractivity contribution in [3.63, 3.8) is 0 Å². The van der Waals surface area contributed by atoms with Gasteiger partial charge in [-0.25, -0.2) is 16.4 Å². The molecule has 1 aliphatic carbocycles. The second-order valence-electron chi connectivity index (χ2n) is 5.11. The summed E-state index contributed by atoms with van der Waals surface area (Å²) in [6.45, 7) is 0. The molecule has 6 N–H and O–H groups in total. The molecule has 3 rings (SSSR count). The van der Waals surface area contributed by atoms with E-state index in [1.807, 2.05) is 41.2 Å². The van der Waals surface area contributed by atoms with E-state index in [1.165, 1.54) is 0 Å². The van der Waals surface area contributed by atoms with Crippen LogP contribution in [-0.2, 0) is 22.4 Å². The fraction of sp³-hybridized carbons (Fsp3) is 0.231. The van der Waals surface area contributed by atoms with E-state index in [1.54, 1.807) is 4.68 Å². The number of nitrogens with two attached hydrogens (primary N) is 2. The van der Waals surface area contributed by atoms with Crippen molar-refractivity contribution in [1.82, 2.24) is 25.8 Å². The van der Waals surface area contributed by atoms with Crippen LogP contribution in [0.3, 0.4) is 0 Å². The Hall–Kier alpha value is -2.78. The Morgan fingerprint density at radius 2 is 1.73 bits per heavy atom. The molecular formula is C13H15N7O2. The maximum atomic E-state index is 12.1. The summed E-state index contributed by atoms with van der Waals surface area (Å²) in [7, 11) is 0. The number of carbonyl (C=O) groups excluding carboxylic acids is 2. The molecule has 0 unspecified atom stereocenters. The molecule has 0 saturated heterocycles. The summed E-state index contributed by atoms with van der Waals surface area (Å²) < 4.78 is 1.62. The molecule has 1 aromatic carbocycles. The standard InChI is InChI=1S/C13H15N7O2/c14-16-11(21)13(12(22)17-15)6-9-10(7-13)20(19-18-9)8-4-2-1-3-5-8/h1-5H,6-7,14-15H2,(H,16,21)(H,17,22). The van der Waals surface area contributed by atoms with Gasteiger partial charge in [0, 0.05) is 12.8 Å². The van der Waals surface area contributed by atoms with Gasteiger partial charge in [-0.1, -0.05) is 23.4 Å². The summed E-state index contributed by atoms with van der Waals surface area (Å²) in [6, 6.07) is 9.34. The van der Waals surface area contributed by atoms with Crippen molar-refractivity contribution in [2.75, 3.05) is 0 Å². The van der Waals surface area contributed by atoms with Crippen LogP contribution in [0.5, 0.6) is 0 Å². The Morgan fingerprint density at radius 3 is 2.32 bits per heavy atom. The van der Waals surface area contributed by atoms with E-state index in [9.17, 15) is 9.59 Å². The molecule has 1 heterocycles. The summed E-state index contributed by atoms with van der Waals surface area (Å²) in [5.74, 6) is 9.23. The predicted molar refractivity (Wildman–Crippen MR) is 75.9 cm³/mol. The smallest absolute Gasteiger partial charge is 0.250 e. The molecule has 0 fully saturated rings. The van der Waals surface area contributed by atoms with Crippen LogP contribution in [0, 0.1) is 5.41 Å². The van der Waals surface area contributed by atoms with E-state index in [4.69, 9.17) is 11.7 Å². The van der Waals surface area contributed by atoms with Crippen molar-refractivity contribution in [1.29, 1.82) is 0 Å². The number of aromatic nitrogens is 3. The van der Waals surface area contributed by atoms with Gasteiger partial charge in [0.05, 0.1) is 17.1 Å². The third-order valence-corrected chi connectivity index (χ3v) is 3.91. The maximum absolute atomic E-state index is 12.1. The number of nitrogens with zero attached hydrogens (tertiary/aromatic N) is 3. The Labute approximate surface area is 125 Å². The molecule has 1 aliphatic rings. The molecule has 0 bridgehead atoms. The molecule has 0 radical (unpaired) electrons. The first kappa shape index (κ1) is 14.2. The molecule has 22 heavy (non-hydrogen) atoms. The van der Waals surface area contributed by atoms with Crippen molar-refractivity contribution in [3.8, 4) is 5.69 Å². The van der Waals surface area contributed by atoms with Gasteiger partial charge in [0.2, 0.25) is 11.8 Å². The first-order valence-electron chi connectivity index (χ1n) is 6.63. The van der Waals surface area contributed by atoms with Gasteiger partial charge in [-0.3, -0.25) is 20.4 Å². The van der Waals surface area contributed by atoms with Gasteiger partial charge < -0.3 is 0 Å². The molecular weight excluding hydrogens is 286 g/mol. The lowest BCUT2D eigenvalue weighted by molar-refractivity contribution is -0.143. The van der Waals surface area contributed by atoms with Gasteiger partial charge in [0.15, 0.2) is 0 Å². The molecule has 9 nitrogen and oxygen atoms in total. The van der Waals surface area contributed by atoms with Gasteiger partial charge in [0.25, 0.3) is 0 Å². The second-order valence-corrected chi connectivity index (χ2v) is 5.11. The SMILES string of the molecule is NNC(=O)C1(C(=O)NN)Cc2nnn(-c3ccccc3)c2C1. The Kier molecular flexibility index (Phi) is 3.35. The van der Waals surface area contributed by atoms with Crippen LogP contribution < -0.4 is 22.5 Å². The zero-order chi connectivity index (χ0) is 15.7. The minimum atomic E-state index is -1.40. The number of nitrogens with one attached hydrogen (secondary N) is 2. The molecule has 0 saturated carbocycles. The fourth-order valence-electron chi connectivity index (χ4n) is 2.76. The monoisotopic (exact) mass is 301 g/mol. The molecule has 2 aromatic rings. The molecule has 1 aromatic heterocycles. The lowest BCUT2D eigenvalue weighted by Gasteiger charge is -2.24. The minimum Gasteiger partial charge on any atom is -0.293 e. The number of para-hydroxylation sites is 1. The highest BCUT2D eigenvalue weighted by Crippen LogP contribution is 2.37. The molecule has 0 spiro atoms. The summed E-state index contributed by atoms with van der Waals surface area (Å²) in [5.41, 5.74) is 4.74. The van der Waals surface area contributed by atoms with Crippen LogP contribution in [0.15, 0.2) is 30.3 Å². The van der Waals surface area contributed by atoms with Gasteiger partial charge in [-0.2, -0.15) is 0 Å². The molecule has 2 amide bonds. The van der Waals surface area contributed by atoms with Crippen molar-refractivity contribution in [3.05, 3.63) is 41.7 Å². The average Bonchev–Trinajstić information content (AvgIpc) is 3.12. The van der Waals surface area contributed by atoms with Crippen molar-refractivity contribution < 1.29 is 9.59 Å². The second kappa shape index (κ2) is 5.20. The van der Waals surface area contributed by atoms with Crippen LogP contribution in [0.2, 0.25) is 0 Å². The van der Waals surface area contributed by atoms with E-state index in [0.29, 0.717) is 11.4 Å². The van der Waals surface area contributed by atoms with E-state index in [2.05, 4.69) is 10.3 Å². The fourth-order valence-corrected chi connectivity index (χ4v) is 2.76. The normalized spacial score (nSPS) is 15.2. The summed E-state index contributed by atoms with van der Waals surface area (Å²) in [5, 5.41) is 8.16. The van der Waals surface area contributed by atoms with Crippen molar-refractivity contribution >= 4 is 11.8 Å². The van der Waals surface area contributed by atoms with Crippen molar-refractivity contribution in [2.45, 2.75) is 12.8 Å². The molecule has 114 valence electrons. The van der Waals surface area contributed by atoms with Gasteiger partial charge in [-0.15, -0.1) is 5.10 Å². The van der Waals surface area contributed by atoms with E-state index in [0.717, 1.165) is 5.69 Å². The largest absolute Gasteiger partial charge is 0.293 e. The highest BCUT2D eigenvalue weighted by atomic mass is 16.2. The molecule has 0 aliphatic heterocycles. The van der Waals surface area contributed by atoms with Gasteiger partial charge in [-0.05, 0) is 12.1 Å².